The minimum Gasteiger partial charge on any atom is -0.311 e. The third-order valence-electron chi connectivity index (χ3n) is 2.47. The van der Waals surface area contributed by atoms with Crippen LogP contribution in [0.5, 0.6) is 0 Å². The maximum Gasteiger partial charge on any atom is 0.0541 e. The Bertz CT molecular complexity index is 254. The summed E-state index contributed by atoms with van der Waals surface area (Å²) in [6.07, 6.45) is 3.15. The Kier molecular flexibility index (Phi) is 4.60. The van der Waals surface area contributed by atoms with Crippen LogP contribution in [0, 0.1) is 12.8 Å². The second-order valence-electron chi connectivity index (χ2n) is 3.97. The first kappa shape index (κ1) is 11.2. The number of aromatic nitrogens is 1. The molecule has 0 saturated heterocycles. The zero-order valence-corrected chi connectivity index (χ0v) is 9.38. The van der Waals surface area contributed by atoms with Gasteiger partial charge in [-0.2, -0.15) is 0 Å². The summed E-state index contributed by atoms with van der Waals surface area (Å²) in [4.78, 5) is 4.34. The fourth-order valence-corrected chi connectivity index (χ4v) is 1.19. The largest absolute Gasteiger partial charge is 0.311 e. The molecule has 1 rings (SSSR count). The third-order valence-corrected chi connectivity index (χ3v) is 2.47. The van der Waals surface area contributed by atoms with Crippen molar-refractivity contribution in [3.63, 3.8) is 0 Å². The number of hydrogen-bond donors (Lipinski definition) is 1. The van der Waals surface area contributed by atoms with E-state index in [4.69, 9.17) is 0 Å². The van der Waals surface area contributed by atoms with Crippen LogP contribution in [-0.2, 0) is 6.54 Å². The van der Waals surface area contributed by atoms with Gasteiger partial charge in [-0.3, -0.25) is 4.98 Å². The number of hydrogen-bond acceptors (Lipinski definition) is 2. The van der Waals surface area contributed by atoms with Gasteiger partial charge in [0.25, 0.3) is 0 Å². The molecule has 1 atom stereocenters. The Morgan fingerprint density at radius 1 is 1.43 bits per heavy atom. The highest BCUT2D eigenvalue weighted by Crippen LogP contribution is 2.00. The third kappa shape index (κ3) is 3.88. The Labute approximate surface area is 86.8 Å². The van der Waals surface area contributed by atoms with Crippen molar-refractivity contribution in [2.45, 2.75) is 33.7 Å². The second-order valence-corrected chi connectivity index (χ2v) is 3.97. The number of nitrogens with one attached hydrogen (secondary N) is 1. The van der Waals surface area contributed by atoms with E-state index in [0.29, 0.717) is 0 Å². The Morgan fingerprint density at radius 3 is 2.79 bits per heavy atom. The summed E-state index contributed by atoms with van der Waals surface area (Å²) in [5, 5.41) is 3.41. The molecule has 0 radical (unpaired) electrons. The van der Waals surface area contributed by atoms with Crippen LogP contribution in [0.25, 0.3) is 0 Å². The first-order chi connectivity index (χ1) is 6.72. The summed E-state index contributed by atoms with van der Waals surface area (Å²) in [6.45, 7) is 8.49. The highest BCUT2D eigenvalue weighted by molar-refractivity contribution is 5.11. The van der Waals surface area contributed by atoms with Gasteiger partial charge >= 0.3 is 0 Å². The van der Waals surface area contributed by atoms with E-state index in [1.165, 1.54) is 12.0 Å². The van der Waals surface area contributed by atoms with E-state index in [0.717, 1.165) is 24.7 Å². The fraction of sp³-hybridized carbons (Fsp3) is 0.583. The van der Waals surface area contributed by atoms with Gasteiger partial charge in [0, 0.05) is 12.7 Å². The molecule has 0 amide bonds. The lowest BCUT2D eigenvalue weighted by molar-refractivity contribution is 0.497. The maximum atomic E-state index is 4.34. The van der Waals surface area contributed by atoms with Crippen molar-refractivity contribution in [1.29, 1.82) is 0 Å². The Balaban J connectivity index is 2.28. The molecule has 78 valence electrons. The molecule has 1 aromatic heterocycles. The molecule has 0 spiro atoms. The number of aryl methyl sites for hydroxylation is 1. The van der Waals surface area contributed by atoms with Gasteiger partial charge in [-0.25, -0.2) is 0 Å². The standard InChI is InChI=1S/C12H20N2/c1-4-10(2)7-13-9-12-6-5-11(3)8-14-12/h5-6,8,10,13H,4,7,9H2,1-3H3. The first-order valence-electron chi connectivity index (χ1n) is 5.34. The molecule has 1 unspecified atom stereocenters. The van der Waals surface area contributed by atoms with Crippen LogP contribution < -0.4 is 5.32 Å². The lowest BCUT2D eigenvalue weighted by Gasteiger charge is -2.09. The molecule has 2 nitrogen and oxygen atoms in total. The predicted molar refractivity (Wildman–Crippen MR) is 60.1 cm³/mol. The smallest absolute Gasteiger partial charge is 0.0541 e. The second kappa shape index (κ2) is 5.76. The van der Waals surface area contributed by atoms with Crippen molar-refractivity contribution in [1.82, 2.24) is 10.3 Å². The van der Waals surface area contributed by atoms with Gasteiger partial charge in [-0.05, 0) is 31.0 Å². The fourth-order valence-electron chi connectivity index (χ4n) is 1.19. The minimum absolute atomic E-state index is 0.750. The van der Waals surface area contributed by atoms with Gasteiger partial charge in [-0.1, -0.05) is 26.3 Å². The van der Waals surface area contributed by atoms with E-state index in [2.05, 4.69) is 43.2 Å². The topological polar surface area (TPSA) is 24.9 Å². The van der Waals surface area contributed by atoms with Gasteiger partial charge in [0.05, 0.1) is 5.69 Å². The molecule has 1 aromatic rings. The zero-order chi connectivity index (χ0) is 10.4. The maximum absolute atomic E-state index is 4.34. The summed E-state index contributed by atoms with van der Waals surface area (Å²) < 4.78 is 0. The molecule has 1 N–H and O–H groups in total. The van der Waals surface area contributed by atoms with Crippen LogP contribution in [0.3, 0.4) is 0 Å². The van der Waals surface area contributed by atoms with Crippen LogP contribution in [0.1, 0.15) is 31.5 Å². The number of pyridine rings is 1. The summed E-state index contributed by atoms with van der Waals surface area (Å²) in [7, 11) is 0. The normalized spacial score (nSPS) is 12.8. The van der Waals surface area contributed by atoms with Crippen molar-refractivity contribution in [3.05, 3.63) is 29.6 Å². The predicted octanol–water partition coefficient (Wildman–Crippen LogP) is 2.53. The van der Waals surface area contributed by atoms with Crippen molar-refractivity contribution < 1.29 is 0 Å². The van der Waals surface area contributed by atoms with Crippen molar-refractivity contribution in [3.8, 4) is 0 Å². The molecule has 0 aliphatic rings. The van der Waals surface area contributed by atoms with E-state index in [9.17, 15) is 0 Å². The van der Waals surface area contributed by atoms with E-state index in [-0.39, 0.29) is 0 Å². The van der Waals surface area contributed by atoms with E-state index < -0.39 is 0 Å². The summed E-state index contributed by atoms with van der Waals surface area (Å²) in [5.41, 5.74) is 2.34. The van der Waals surface area contributed by atoms with Crippen LogP contribution in [0.4, 0.5) is 0 Å². The minimum atomic E-state index is 0.750. The van der Waals surface area contributed by atoms with Gasteiger partial charge in [0.1, 0.15) is 0 Å². The quantitative estimate of drug-likeness (QED) is 0.775. The van der Waals surface area contributed by atoms with Crippen LogP contribution in [0.15, 0.2) is 18.3 Å². The summed E-state index contributed by atoms with van der Waals surface area (Å²) in [6, 6.07) is 4.19. The first-order valence-corrected chi connectivity index (χ1v) is 5.34. The van der Waals surface area contributed by atoms with Crippen molar-refractivity contribution in [2.24, 2.45) is 5.92 Å². The molecule has 2 heteroatoms. The lowest BCUT2D eigenvalue weighted by atomic mass is 10.1. The van der Waals surface area contributed by atoms with E-state index in [1.807, 2.05) is 6.20 Å². The molecular weight excluding hydrogens is 172 g/mol. The molecule has 0 saturated carbocycles. The molecular formula is C12H20N2. The monoisotopic (exact) mass is 192 g/mol. The van der Waals surface area contributed by atoms with Gasteiger partial charge in [0.2, 0.25) is 0 Å². The summed E-state index contributed by atoms with van der Waals surface area (Å²) >= 11 is 0. The van der Waals surface area contributed by atoms with Gasteiger partial charge in [0.15, 0.2) is 0 Å². The highest BCUT2D eigenvalue weighted by atomic mass is 14.9. The Hall–Kier alpha value is -0.890. The average Bonchev–Trinajstić information content (AvgIpc) is 2.21. The van der Waals surface area contributed by atoms with Crippen LogP contribution >= 0.6 is 0 Å². The molecule has 1 heterocycles. The van der Waals surface area contributed by atoms with Gasteiger partial charge in [-0.15, -0.1) is 0 Å². The molecule has 0 fully saturated rings. The van der Waals surface area contributed by atoms with Crippen LogP contribution in [0.2, 0.25) is 0 Å². The lowest BCUT2D eigenvalue weighted by Crippen LogP contribution is -2.20. The van der Waals surface area contributed by atoms with Crippen LogP contribution in [-0.4, -0.2) is 11.5 Å². The SMILES string of the molecule is CCC(C)CNCc1ccc(C)cn1. The molecule has 0 aliphatic heterocycles. The molecule has 0 aliphatic carbocycles. The van der Waals surface area contributed by atoms with Crippen molar-refractivity contribution >= 4 is 0 Å². The van der Waals surface area contributed by atoms with E-state index in [1.54, 1.807) is 0 Å². The summed E-state index contributed by atoms with van der Waals surface area (Å²) in [5.74, 6) is 0.750. The zero-order valence-electron chi connectivity index (χ0n) is 9.38. The van der Waals surface area contributed by atoms with E-state index >= 15 is 0 Å². The number of rotatable bonds is 5. The highest BCUT2D eigenvalue weighted by Gasteiger charge is 1.98. The van der Waals surface area contributed by atoms with Crippen molar-refractivity contribution in [2.75, 3.05) is 6.54 Å². The molecule has 14 heavy (non-hydrogen) atoms. The Morgan fingerprint density at radius 2 is 2.21 bits per heavy atom. The molecule has 0 aromatic carbocycles. The van der Waals surface area contributed by atoms with Gasteiger partial charge < -0.3 is 5.32 Å². The number of nitrogens with zero attached hydrogens (tertiary/aromatic N) is 1. The molecule has 0 bridgehead atoms. The average molecular weight is 192 g/mol.